The molecule has 0 bridgehead atoms. The molecule has 6 nitrogen and oxygen atoms in total. The lowest BCUT2D eigenvalue weighted by atomic mass is 9.98. The van der Waals surface area contributed by atoms with E-state index in [2.05, 4.69) is 0 Å². The molecular weight excluding hydrogens is 437 g/mol. The maximum atomic E-state index is 13.3. The predicted molar refractivity (Wildman–Crippen MR) is 116 cm³/mol. The average Bonchev–Trinajstić information content (AvgIpc) is 3.31. The monoisotopic (exact) mass is 455 g/mol. The van der Waals surface area contributed by atoms with Crippen LogP contribution in [0.25, 0.3) is 5.76 Å². The van der Waals surface area contributed by atoms with Crippen molar-refractivity contribution in [3.05, 3.63) is 93.7 Å². The summed E-state index contributed by atoms with van der Waals surface area (Å²) in [6, 6.07) is 12.5. The van der Waals surface area contributed by atoms with E-state index in [9.17, 15) is 19.1 Å². The molecule has 0 radical (unpaired) electrons. The Kier molecular flexibility index (Phi) is 5.76. The number of halogens is 2. The first-order valence-corrected chi connectivity index (χ1v) is 10.1. The van der Waals surface area contributed by atoms with Crippen LogP contribution in [-0.2, 0) is 16.1 Å². The summed E-state index contributed by atoms with van der Waals surface area (Å²) >= 11 is 6.09. The van der Waals surface area contributed by atoms with E-state index >= 15 is 0 Å². The molecule has 8 heteroatoms. The van der Waals surface area contributed by atoms with Gasteiger partial charge in [-0.1, -0.05) is 23.7 Å². The van der Waals surface area contributed by atoms with Crippen LogP contribution in [0.1, 0.15) is 28.7 Å². The number of benzene rings is 2. The molecule has 3 aromatic rings. The molecular formula is C24H19ClFNO5. The zero-order valence-corrected chi connectivity index (χ0v) is 18.0. The highest BCUT2D eigenvalue weighted by Crippen LogP contribution is 2.42. The van der Waals surface area contributed by atoms with Gasteiger partial charge in [0.2, 0.25) is 0 Å². The Morgan fingerprint density at radius 1 is 1.16 bits per heavy atom. The molecule has 1 amide bonds. The quantitative estimate of drug-likeness (QED) is 0.332. The van der Waals surface area contributed by atoms with Crippen LogP contribution in [0.3, 0.4) is 0 Å². The molecule has 4 rings (SSSR count). The van der Waals surface area contributed by atoms with Crippen LogP contribution in [-0.4, -0.2) is 28.8 Å². The lowest BCUT2D eigenvalue weighted by Crippen LogP contribution is -2.29. The molecule has 164 valence electrons. The molecule has 1 N–H and O–H groups in total. The number of carbonyl (C=O) groups excluding carboxylic acids is 2. The number of aryl methyl sites for hydroxylation is 1. The van der Waals surface area contributed by atoms with E-state index < -0.39 is 29.3 Å². The second kappa shape index (κ2) is 8.51. The van der Waals surface area contributed by atoms with Crippen LogP contribution in [0, 0.1) is 12.7 Å². The number of carbonyl (C=O) groups is 2. The van der Waals surface area contributed by atoms with E-state index in [1.165, 1.54) is 42.3 Å². The molecule has 1 aliphatic rings. The Morgan fingerprint density at radius 2 is 1.88 bits per heavy atom. The smallest absolute Gasteiger partial charge is 0.296 e. The number of hydrogen-bond acceptors (Lipinski definition) is 5. The van der Waals surface area contributed by atoms with Crippen molar-refractivity contribution in [2.45, 2.75) is 19.5 Å². The number of hydrogen-bond donors (Lipinski definition) is 1. The summed E-state index contributed by atoms with van der Waals surface area (Å²) in [6.07, 6.45) is 0. The van der Waals surface area contributed by atoms with Crippen molar-refractivity contribution in [3.63, 3.8) is 0 Å². The second-order valence-corrected chi connectivity index (χ2v) is 7.78. The lowest BCUT2D eigenvalue weighted by Gasteiger charge is -2.23. The summed E-state index contributed by atoms with van der Waals surface area (Å²) in [5.41, 5.74) is 0.641. The van der Waals surface area contributed by atoms with Gasteiger partial charge in [0.1, 0.15) is 34.9 Å². The van der Waals surface area contributed by atoms with Crippen molar-refractivity contribution in [1.82, 2.24) is 4.90 Å². The minimum atomic E-state index is -0.988. The van der Waals surface area contributed by atoms with Crippen LogP contribution in [0.4, 0.5) is 4.39 Å². The molecule has 32 heavy (non-hydrogen) atoms. The zero-order valence-electron chi connectivity index (χ0n) is 17.3. The van der Waals surface area contributed by atoms with Crippen molar-refractivity contribution < 1.29 is 28.2 Å². The van der Waals surface area contributed by atoms with Gasteiger partial charge < -0.3 is 19.2 Å². The van der Waals surface area contributed by atoms with Crippen molar-refractivity contribution in [2.75, 3.05) is 7.11 Å². The highest BCUT2D eigenvalue weighted by molar-refractivity contribution is 6.46. The van der Waals surface area contributed by atoms with Crippen molar-refractivity contribution in [2.24, 2.45) is 0 Å². The molecule has 1 fully saturated rings. The van der Waals surface area contributed by atoms with Crippen molar-refractivity contribution in [3.8, 4) is 5.75 Å². The van der Waals surface area contributed by atoms with Crippen LogP contribution in [0.15, 0.2) is 64.6 Å². The summed E-state index contributed by atoms with van der Waals surface area (Å²) < 4.78 is 24.4. The van der Waals surface area contributed by atoms with E-state index in [-0.39, 0.29) is 23.4 Å². The molecule has 1 aliphatic heterocycles. The number of amides is 1. The zero-order chi connectivity index (χ0) is 23.0. The summed E-state index contributed by atoms with van der Waals surface area (Å²) in [5, 5.41) is 11.5. The van der Waals surface area contributed by atoms with Gasteiger partial charge in [0, 0.05) is 11.6 Å². The maximum absolute atomic E-state index is 13.3. The molecule has 2 aromatic carbocycles. The van der Waals surface area contributed by atoms with Gasteiger partial charge in [-0.3, -0.25) is 9.59 Å². The number of ether oxygens (including phenoxy) is 1. The number of Topliss-reactive ketones (excluding diaryl/α,β-unsaturated/α-hetero) is 1. The van der Waals surface area contributed by atoms with Gasteiger partial charge in [-0.15, -0.1) is 0 Å². The minimum Gasteiger partial charge on any atom is -0.507 e. The molecule has 1 saturated heterocycles. The predicted octanol–water partition coefficient (Wildman–Crippen LogP) is 5.01. The fourth-order valence-electron chi connectivity index (χ4n) is 3.74. The standard InChI is InChI=1S/C24H19ClFNO5/c1-13-3-9-19(32-13)21-20(22(28)17-11-15(25)6-10-18(17)31-2)23(29)24(30)27(21)12-14-4-7-16(26)8-5-14/h3-11,21,28H,12H2,1-2H3/b22-20+. The van der Waals surface area contributed by atoms with Crippen LogP contribution in [0.2, 0.25) is 5.02 Å². The topological polar surface area (TPSA) is 80.0 Å². The van der Waals surface area contributed by atoms with Crippen molar-refractivity contribution in [1.29, 1.82) is 0 Å². The third-order valence-corrected chi connectivity index (χ3v) is 5.49. The van der Waals surface area contributed by atoms with E-state index in [1.807, 2.05) is 0 Å². The number of aliphatic hydroxyl groups is 1. The lowest BCUT2D eigenvalue weighted by molar-refractivity contribution is -0.140. The Morgan fingerprint density at radius 3 is 2.50 bits per heavy atom. The van der Waals surface area contributed by atoms with E-state index in [0.29, 0.717) is 22.1 Å². The largest absolute Gasteiger partial charge is 0.507 e. The number of nitrogens with zero attached hydrogens (tertiary/aromatic N) is 1. The van der Waals surface area contributed by atoms with Gasteiger partial charge in [-0.05, 0) is 55.0 Å². The number of aliphatic hydroxyl groups excluding tert-OH is 1. The number of rotatable bonds is 5. The van der Waals surface area contributed by atoms with Gasteiger partial charge in [-0.2, -0.15) is 0 Å². The summed E-state index contributed by atoms with van der Waals surface area (Å²) in [7, 11) is 1.42. The molecule has 0 spiro atoms. The first kappa shape index (κ1) is 21.6. The molecule has 2 heterocycles. The Bertz CT molecular complexity index is 1230. The fourth-order valence-corrected chi connectivity index (χ4v) is 3.91. The van der Waals surface area contributed by atoms with Crippen molar-refractivity contribution >= 4 is 29.1 Å². The SMILES string of the molecule is COc1ccc(Cl)cc1/C(O)=C1\C(=O)C(=O)N(Cc2ccc(F)cc2)C1c1ccc(C)o1. The Hall–Kier alpha value is -3.58. The number of likely N-dealkylation sites (tertiary alicyclic amines) is 1. The molecule has 0 aliphatic carbocycles. The van der Waals surface area contributed by atoms with Crippen LogP contribution < -0.4 is 4.74 Å². The van der Waals surface area contributed by atoms with E-state index in [4.69, 9.17) is 20.8 Å². The Balaban J connectivity index is 1.88. The van der Waals surface area contributed by atoms with Gasteiger partial charge >= 0.3 is 0 Å². The normalized spacial score (nSPS) is 17.8. The highest BCUT2D eigenvalue weighted by atomic mass is 35.5. The minimum absolute atomic E-state index is 0.0126. The summed E-state index contributed by atoms with van der Waals surface area (Å²) in [5.74, 6) is -1.35. The van der Waals surface area contributed by atoms with E-state index in [1.54, 1.807) is 31.2 Å². The number of furan rings is 1. The maximum Gasteiger partial charge on any atom is 0.296 e. The Labute approximate surface area is 188 Å². The third-order valence-electron chi connectivity index (χ3n) is 5.25. The van der Waals surface area contributed by atoms with Gasteiger partial charge in [0.25, 0.3) is 11.7 Å². The molecule has 0 saturated carbocycles. The molecule has 1 atom stereocenters. The fraction of sp³-hybridized carbons (Fsp3) is 0.167. The van der Waals surface area contributed by atoms with Gasteiger partial charge in [-0.25, -0.2) is 4.39 Å². The van der Waals surface area contributed by atoms with Crippen LogP contribution in [0.5, 0.6) is 5.75 Å². The first-order valence-electron chi connectivity index (χ1n) is 9.73. The second-order valence-electron chi connectivity index (χ2n) is 7.35. The average molecular weight is 456 g/mol. The highest BCUT2D eigenvalue weighted by Gasteiger charge is 2.47. The number of ketones is 1. The summed E-state index contributed by atoms with van der Waals surface area (Å²) in [4.78, 5) is 27.3. The van der Waals surface area contributed by atoms with Gasteiger partial charge in [0.15, 0.2) is 0 Å². The van der Waals surface area contributed by atoms with Gasteiger partial charge in [0.05, 0.1) is 18.2 Å². The first-order chi connectivity index (χ1) is 15.3. The summed E-state index contributed by atoms with van der Waals surface area (Å²) in [6.45, 7) is 1.74. The molecule has 1 aromatic heterocycles. The molecule has 1 unspecified atom stereocenters. The third kappa shape index (κ3) is 3.87. The van der Waals surface area contributed by atoms with Crippen LogP contribution >= 0.6 is 11.6 Å². The van der Waals surface area contributed by atoms with E-state index in [0.717, 1.165) is 0 Å². The number of methoxy groups -OCH3 is 1.